The molecule has 0 atom stereocenters. The summed E-state index contributed by atoms with van der Waals surface area (Å²) in [4.78, 5) is 29.6. The molecule has 0 fully saturated rings. The van der Waals surface area contributed by atoms with Crippen molar-refractivity contribution >= 4 is 52.1 Å². The summed E-state index contributed by atoms with van der Waals surface area (Å²) in [6.07, 6.45) is 4.12. The van der Waals surface area contributed by atoms with Gasteiger partial charge in [-0.25, -0.2) is 0 Å². The number of hydrogen-bond acceptors (Lipinski definition) is 4. The lowest BCUT2D eigenvalue weighted by Gasteiger charge is -2.14. The lowest BCUT2D eigenvalue weighted by Crippen LogP contribution is -2.32. The van der Waals surface area contributed by atoms with E-state index in [2.05, 4.69) is 6.92 Å². The smallest absolute Gasteiger partial charge is 0.268 e. The largest absolute Gasteiger partial charge is 0.274 e. The second kappa shape index (κ2) is 8.89. The van der Waals surface area contributed by atoms with E-state index in [0.717, 1.165) is 35.5 Å². The molecule has 0 radical (unpaired) electrons. The number of imide groups is 1. The molecule has 0 saturated carbocycles. The van der Waals surface area contributed by atoms with Crippen molar-refractivity contribution in [2.75, 3.05) is 6.54 Å². The van der Waals surface area contributed by atoms with Crippen molar-refractivity contribution in [3.8, 4) is 0 Å². The van der Waals surface area contributed by atoms with Gasteiger partial charge in [-0.3, -0.25) is 14.5 Å². The van der Waals surface area contributed by atoms with Crippen molar-refractivity contribution in [3.05, 3.63) is 56.6 Å². The zero-order chi connectivity index (χ0) is 18.5. The second-order valence-electron chi connectivity index (χ2n) is 6.06. The Labute approximate surface area is 167 Å². The number of rotatable bonds is 8. The van der Waals surface area contributed by atoms with Crippen molar-refractivity contribution in [2.24, 2.45) is 0 Å². The van der Waals surface area contributed by atoms with Crippen molar-refractivity contribution in [2.45, 2.75) is 37.5 Å². The molecule has 1 aromatic heterocycles. The van der Waals surface area contributed by atoms with Crippen LogP contribution in [0.5, 0.6) is 0 Å². The highest BCUT2D eigenvalue weighted by Crippen LogP contribution is 2.41. The summed E-state index contributed by atoms with van der Waals surface area (Å²) in [7, 11) is 0. The molecule has 0 bridgehead atoms. The van der Waals surface area contributed by atoms with Crippen LogP contribution >= 0.6 is 34.7 Å². The molecule has 3 rings (SSSR count). The number of carbonyl (C=O) groups excluding carboxylic acids is 2. The van der Waals surface area contributed by atoms with Crippen LogP contribution in [0.1, 0.15) is 37.5 Å². The zero-order valence-electron chi connectivity index (χ0n) is 14.5. The van der Waals surface area contributed by atoms with E-state index < -0.39 is 0 Å². The molecule has 2 amide bonds. The van der Waals surface area contributed by atoms with Gasteiger partial charge in [0.1, 0.15) is 0 Å². The zero-order valence-corrected chi connectivity index (χ0v) is 16.9. The number of amides is 2. The van der Waals surface area contributed by atoms with Gasteiger partial charge in [0.2, 0.25) is 0 Å². The van der Waals surface area contributed by atoms with Crippen molar-refractivity contribution in [1.82, 2.24) is 4.90 Å². The molecular formula is C20H20ClNO2S2. The molecule has 2 heterocycles. The fourth-order valence-electron chi connectivity index (χ4n) is 2.81. The van der Waals surface area contributed by atoms with E-state index in [1.54, 1.807) is 12.1 Å². The third-order valence-electron chi connectivity index (χ3n) is 4.16. The molecule has 1 aromatic carbocycles. The number of thioether (sulfide) groups is 1. The first-order valence-electron chi connectivity index (χ1n) is 8.69. The standard InChI is InChI=1S/C20H20ClNO2S2/c1-2-3-4-5-12-22-19(23)17(16-7-6-13-25-16)18(20(22)24)26-15-10-8-14(21)9-11-15/h6-11,13H,2-5,12H2,1H3. The molecule has 26 heavy (non-hydrogen) atoms. The van der Waals surface area contributed by atoms with Crippen LogP contribution in [-0.2, 0) is 9.59 Å². The summed E-state index contributed by atoms with van der Waals surface area (Å²) in [5.41, 5.74) is 0.528. The number of thiophene rings is 1. The summed E-state index contributed by atoms with van der Waals surface area (Å²) < 4.78 is 0. The molecular weight excluding hydrogens is 386 g/mol. The second-order valence-corrected chi connectivity index (χ2v) is 8.53. The number of halogens is 1. The lowest BCUT2D eigenvalue weighted by molar-refractivity contribution is -0.136. The van der Waals surface area contributed by atoms with Gasteiger partial charge in [0, 0.05) is 21.3 Å². The molecule has 0 saturated heterocycles. The van der Waals surface area contributed by atoms with E-state index in [4.69, 9.17) is 11.6 Å². The lowest BCUT2D eigenvalue weighted by atomic mass is 10.2. The van der Waals surface area contributed by atoms with Crippen LogP contribution < -0.4 is 0 Å². The summed E-state index contributed by atoms with van der Waals surface area (Å²) in [5.74, 6) is -0.361. The van der Waals surface area contributed by atoms with Crippen LogP contribution in [0.3, 0.4) is 0 Å². The SMILES string of the molecule is CCCCCCN1C(=O)C(Sc2ccc(Cl)cc2)=C(c2cccs2)C1=O. The van der Waals surface area contributed by atoms with Crippen LogP contribution in [0.4, 0.5) is 0 Å². The predicted octanol–water partition coefficient (Wildman–Crippen LogP) is 5.85. The summed E-state index contributed by atoms with van der Waals surface area (Å²) in [5, 5.41) is 2.57. The molecule has 0 aliphatic carbocycles. The molecule has 2 aromatic rings. The molecule has 0 unspecified atom stereocenters. The Bertz CT molecular complexity index is 813. The van der Waals surface area contributed by atoms with E-state index >= 15 is 0 Å². The Morgan fingerprint density at radius 2 is 1.81 bits per heavy atom. The van der Waals surface area contributed by atoms with Crippen molar-refractivity contribution in [3.63, 3.8) is 0 Å². The first-order chi connectivity index (χ1) is 12.6. The van der Waals surface area contributed by atoms with E-state index in [-0.39, 0.29) is 11.8 Å². The maximum Gasteiger partial charge on any atom is 0.268 e. The van der Waals surface area contributed by atoms with Gasteiger partial charge in [-0.15, -0.1) is 11.3 Å². The van der Waals surface area contributed by atoms with Crippen molar-refractivity contribution in [1.29, 1.82) is 0 Å². The Balaban J connectivity index is 1.86. The third-order valence-corrected chi connectivity index (χ3v) is 6.39. The molecule has 136 valence electrons. The number of carbonyl (C=O) groups is 2. The van der Waals surface area contributed by atoms with E-state index in [9.17, 15) is 9.59 Å². The number of unbranched alkanes of at least 4 members (excludes halogenated alkanes) is 3. The first kappa shape index (κ1) is 19.2. The minimum Gasteiger partial charge on any atom is -0.274 e. The topological polar surface area (TPSA) is 37.4 Å². The Hall–Kier alpha value is -1.56. The molecule has 6 heteroatoms. The molecule has 1 aliphatic rings. The predicted molar refractivity (Wildman–Crippen MR) is 109 cm³/mol. The minimum absolute atomic E-state index is 0.176. The highest BCUT2D eigenvalue weighted by molar-refractivity contribution is 8.04. The highest BCUT2D eigenvalue weighted by Gasteiger charge is 2.39. The van der Waals surface area contributed by atoms with Crippen LogP contribution in [0.25, 0.3) is 5.57 Å². The fraction of sp³-hybridized carbons (Fsp3) is 0.300. The highest BCUT2D eigenvalue weighted by atomic mass is 35.5. The summed E-state index contributed by atoms with van der Waals surface area (Å²) in [6, 6.07) is 11.1. The van der Waals surface area contributed by atoms with Crippen LogP contribution in [-0.4, -0.2) is 23.3 Å². The van der Waals surface area contributed by atoms with Gasteiger partial charge in [-0.1, -0.05) is 55.6 Å². The van der Waals surface area contributed by atoms with Crippen LogP contribution in [0.15, 0.2) is 51.6 Å². The minimum atomic E-state index is -0.185. The molecule has 0 spiro atoms. The van der Waals surface area contributed by atoms with Gasteiger partial charge < -0.3 is 0 Å². The van der Waals surface area contributed by atoms with Gasteiger partial charge >= 0.3 is 0 Å². The van der Waals surface area contributed by atoms with E-state index in [1.165, 1.54) is 28.0 Å². The third kappa shape index (κ3) is 4.22. The van der Waals surface area contributed by atoms with Crippen molar-refractivity contribution < 1.29 is 9.59 Å². The van der Waals surface area contributed by atoms with Gasteiger partial charge in [0.05, 0.1) is 10.5 Å². The Morgan fingerprint density at radius 1 is 1.04 bits per heavy atom. The quantitative estimate of drug-likeness (QED) is 0.408. The first-order valence-corrected chi connectivity index (χ1v) is 10.8. The average Bonchev–Trinajstić information content (AvgIpc) is 3.23. The molecule has 3 nitrogen and oxygen atoms in total. The van der Waals surface area contributed by atoms with E-state index in [0.29, 0.717) is 22.0 Å². The summed E-state index contributed by atoms with van der Waals surface area (Å²) >= 11 is 8.77. The Kier molecular flexibility index (Phi) is 6.57. The summed E-state index contributed by atoms with van der Waals surface area (Å²) in [6.45, 7) is 2.63. The number of hydrogen-bond donors (Lipinski definition) is 0. The van der Waals surface area contributed by atoms with Crippen LogP contribution in [0.2, 0.25) is 5.02 Å². The fourth-order valence-corrected chi connectivity index (χ4v) is 4.77. The Morgan fingerprint density at radius 3 is 2.46 bits per heavy atom. The van der Waals surface area contributed by atoms with Gasteiger partial charge in [-0.05, 0) is 42.1 Å². The maximum atomic E-state index is 13.0. The normalized spacial score (nSPS) is 14.6. The van der Waals surface area contributed by atoms with Gasteiger partial charge in [-0.2, -0.15) is 0 Å². The molecule has 0 N–H and O–H groups in total. The van der Waals surface area contributed by atoms with Crippen LogP contribution in [0, 0.1) is 0 Å². The number of benzene rings is 1. The van der Waals surface area contributed by atoms with E-state index in [1.807, 2.05) is 29.6 Å². The monoisotopic (exact) mass is 405 g/mol. The van der Waals surface area contributed by atoms with Gasteiger partial charge in [0.15, 0.2) is 0 Å². The van der Waals surface area contributed by atoms with Gasteiger partial charge in [0.25, 0.3) is 11.8 Å². The number of nitrogens with zero attached hydrogens (tertiary/aromatic N) is 1. The average molecular weight is 406 g/mol. The maximum absolute atomic E-state index is 13.0. The molecule has 1 aliphatic heterocycles.